The van der Waals surface area contributed by atoms with Gasteiger partial charge in [0.2, 0.25) is 0 Å². The summed E-state index contributed by atoms with van der Waals surface area (Å²) >= 11 is 1.33. The molecule has 21 heavy (non-hydrogen) atoms. The molecule has 0 spiro atoms. The second kappa shape index (κ2) is 6.78. The quantitative estimate of drug-likeness (QED) is 0.750. The number of carbonyl (C=O) groups is 1. The molecule has 9 heteroatoms. The van der Waals surface area contributed by atoms with Gasteiger partial charge in [-0.3, -0.25) is 0 Å². The molecular weight excluding hydrogens is 316 g/mol. The van der Waals surface area contributed by atoms with Gasteiger partial charge in [-0.05, 0) is 26.2 Å². The average Bonchev–Trinajstić information content (AvgIpc) is 2.87. The second-order valence-corrected chi connectivity index (χ2v) is 8.53. The van der Waals surface area contributed by atoms with Crippen LogP contribution in [-0.4, -0.2) is 47.9 Å². The summed E-state index contributed by atoms with van der Waals surface area (Å²) in [6, 6.07) is 0. The zero-order chi connectivity index (χ0) is 15.5. The van der Waals surface area contributed by atoms with Crippen molar-refractivity contribution < 1.29 is 22.4 Å². The summed E-state index contributed by atoms with van der Waals surface area (Å²) < 4.78 is 33.3. The van der Waals surface area contributed by atoms with E-state index in [2.05, 4.69) is 10.2 Å². The van der Waals surface area contributed by atoms with Crippen molar-refractivity contribution in [2.75, 3.05) is 12.9 Å². The van der Waals surface area contributed by atoms with E-state index in [1.807, 2.05) is 0 Å². The first-order valence-corrected chi connectivity index (χ1v) is 9.59. The molecule has 1 heterocycles. The molecule has 0 aromatic carbocycles. The van der Waals surface area contributed by atoms with E-state index in [9.17, 15) is 13.2 Å². The van der Waals surface area contributed by atoms with E-state index >= 15 is 0 Å². The molecule has 0 radical (unpaired) electrons. The molecule has 0 saturated heterocycles. The summed E-state index contributed by atoms with van der Waals surface area (Å²) in [5, 5.41) is 7.51. The van der Waals surface area contributed by atoms with Crippen LogP contribution in [0.4, 0.5) is 0 Å². The van der Waals surface area contributed by atoms with Crippen LogP contribution in [-0.2, 0) is 14.6 Å². The van der Waals surface area contributed by atoms with Gasteiger partial charge in [0, 0.05) is 11.5 Å². The van der Waals surface area contributed by atoms with Gasteiger partial charge in [-0.1, -0.05) is 23.3 Å². The van der Waals surface area contributed by atoms with E-state index in [0.717, 1.165) is 12.8 Å². The van der Waals surface area contributed by atoms with Crippen LogP contribution in [0.2, 0.25) is 0 Å². The molecule has 2 atom stereocenters. The van der Waals surface area contributed by atoms with Crippen LogP contribution >= 0.6 is 11.8 Å². The fourth-order valence-corrected chi connectivity index (χ4v) is 4.69. The monoisotopic (exact) mass is 334 g/mol. The molecule has 0 bridgehead atoms. The SMILES string of the molecule is CCOC(=O)c1nnc(SC2CCCC(S(C)(=O)=O)C2)o1. The number of esters is 1. The molecule has 1 aromatic rings. The fourth-order valence-electron chi connectivity index (χ4n) is 2.27. The van der Waals surface area contributed by atoms with E-state index < -0.39 is 15.8 Å². The van der Waals surface area contributed by atoms with Gasteiger partial charge in [0.15, 0.2) is 0 Å². The second-order valence-electron chi connectivity index (χ2n) is 4.95. The van der Waals surface area contributed by atoms with Crippen molar-refractivity contribution in [2.45, 2.75) is 48.3 Å². The molecule has 7 nitrogen and oxygen atoms in total. The van der Waals surface area contributed by atoms with Gasteiger partial charge in [-0.25, -0.2) is 13.2 Å². The number of hydrogen-bond acceptors (Lipinski definition) is 8. The van der Waals surface area contributed by atoms with Crippen LogP contribution < -0.4 is 0 Å². The molecule has 1 fully saturated rings. The Hall–Kier alpha value is -1.09. The van der Waals surface area contributed by atoms with E-state index in [4.69, 9.17) is 9.15 Å². The summed E-state index contributed by atoms with van der Waals surface area (Å²) in [7, 11) is -3.02. The maximum atomic E-state index is 11.6. The molecule has 2 rings (SSSR count). The topological polar surface area (TPSA) is 99.4 Å². The van der Waals surface area contributed by atoms with Crippen LogP contribution in [0.15, 0.2) is 9.64 Å². The first-order valence-electron chi connectivity index (χ1n) is 6.76. The number of aromatic nitrogens is 2. The van der Waals surface area contributed by atoms with Crippen LogP contribution in [0.25, 0.3) is 0 Å². The highest BCUT2D eigenvalue weighted by atomic mass is 32.2. The highest BCUT2D eigenvalue weighted by Crippen LogP contribution is 2.35. The lowest BCUT2D eigenvalue weighted by Crippen LogP contribution is -2.28. The maximum absolute atomic E-state index is 11.6. The standard InChI is InChI=1S/C12H18N2O5S2/c1-3-18-11(15)10-13-14-12(19-10)20-8-5-4-6-9(7-8)21(2,16)17/h8-9H,3-7H2,1-2H3. The molecule has 2 unspecified atom stereocenters. The molecule has 1 aliphatic carbocycles. The predicted molar refractivity (Wildman–Crippen MR) is 77.0 cm³/mol. The first-order chi connectivity index (χ1) is 9.90. The lowest BCUT2D eigenvalue weighted by atomic mass is 10.00. The van der Waals surface area contributed by atoms with Crippen molar-refractivity contribution in [3.8, 4) is 0 Å². The smallest absolute Gasteiger partial charge is 0.396 e. The molecule has 1 saturated carbocycles. The number of sulfone groups is 1. The zero-order valence-corrected chi connectivity index (χ0v) is 13.6. The Kier molecular flexibility index (Phi) is 5.26. The number of ether oxygens (including phenoxy) is 1. The molecule has 118 valence electrons. The number of nitrogens with zero attached hydrogens (tertiary/aromatic N) is 2. The van der Waals surface area contributed by atoms with Crippen LogP contribution in [0.5, 0.6) is 0 Å². The summed E-state index contributed by atoms with van der Waals surface area (Å²) in [5.41, 5.74) is 0. The van der Waals surface area contributed by atoms with Crippen molar-refractivity contribution in [1.82, 2.24) is 10.2 Å². The molecular formula is C12H18N2O5S2. The Morgan fingerprint density at radius 2 is 2.19 bits per heavy atom. The molecule has 1 aromatic heterocycles. The van der Waals surface area contributed by atoms with Crippen LogP contribution in [0.3, 0.4) is 0 Å². The Bertz CT molecular complexity index is 599. The lowest BCUT2D eigenvalue weighted by Gasteiger charge is -2.26. The summed E-state index contributed by atoms with van der Waals surface area (Å²) in [4.78, 5) is 11.4. The zero-order valence-electron chi connectivity index (χ0n) is 11.9. The average molecular weight is 334 g/mol. The first kappa shape index (κ1) is 16.3. The number of rotatable bonds is 5. The van der Waals surface area contributed by atoms with Crippen molar-refractivity contribution >= 4 is 27.6 Å². The predicted octanol–water partition coefficient (Wildman–Crippen LogP) is 1.69. The number of hydrogen-bond donors (Lipinski definition) is 0. The van der Waals surface area contributed by atoms with Crippen molar-refractivity contribution in [1.29, 1.82) is 0 Å². The van der Waals surface area contributed by atoms with Gasteiger partial charge in [0.05, 0.1) is 11.9 Å². The minimum Gasteiger partial charge on any atom is -0.459 e. The Morgan fingerprint density at radius 1 is 1.43 bits per heavy atom. The van der Waals surface area contributed by atoms with Gasteiger partial charge in [-0.15, -0.1) is 5.10 Å². The summed E-state index contributed by atoms with van der Waals surface area (Å²) in [6.07, 6.45) is 4.30. The maximum Gasteiger partial charge on any atom is 0.396 e. The lowest BCUT2D eigenvalue weighted by molar-refractivity contribution is 0.0475. The van der Waals surface area contributed by atoms with E-state index in [-0.39, 0.29) is 28.2 Å². The summed E-state index contributed by atoms with van der Waals surface area (Å²) in [6.45, 7) is 1.93. The highest BCUT2D eigenvalue weighted by Gasteiger charge is 2.30. The van der Waals surface area contributed by atoms with Crippen molar-refractivity contribution in [3.05, 3.63) is 5.89 Å². The third-order valence-corrected chi connectivity index (χ3v) is 6.07. The fraction of sp³-hybridized carbons (Fsp3) is 0.750. The third-order valence-electron chi connectivity index (χ3n) is 3.31. The van der Waals surface area contributed by atoms with Gasteiger partial charge in [0.25, 0.3) is 5.22 Å². The largest absolute Gasteiger partial charge is 0.459 e. The highest BCUT2D eigenvalue weighted by molar-refractivity contribution is 7.99. The molecule has 0 amide bonds. The number of thioether (sulfide) groups is 1. The molecule has 1 aliphatic rings. The van der Waals surface area contributed by atoms with E-state index in [1.54, 1.807) is 6.92 Å². The summed E-state index contributed by atoms with van der Waals surface area (Å²) in [5.74, 6) is -0.815. The van der Waals surface area contributed by atoms with Gasteiger partial charge in [0.1, 0.15) is 9.84 Å². The minimum absolute atomic E-state index is 0.106. The van der Waals surface area contributed by atoms with Crippen LogP contribution in [0.1, 0.15) is 43.3 Å². The third kappa shape index (κ3) is 4.44. The number of carbonyl (C=O) groups excluding carboxylic acids is 1. The van der Waals surface area contributed by atoms with Crippen molar-refractivity contribution in [2.24, 2.45) is 0 Å². The van der Waals surface area contributed by atoms with Gasteiger partial charge in [-0.2, -0.15) is 0 Å². The van der Waals surface area contributed by atoms with Crippen molar-refractivity contribution in [3.63, 3.8) is 0 Å². The Labute approximate surface area is 127 Å². The van der Waals surface area contributed by atoms with Crippen LogP contribution in [0, 0.1) is 0 Å². The molecule has 0 N–H and O–H groups in total. The van der Waals surface area contributed by atoms with E-state index in [1.165, 1.54) is 18.0 Å². The minimum atomic E-state index is -3.02. The molecule has 0 aliphatic heterocycles. The van der Waals surface area contributed by atoms with Gasteiger partial charge >= 0.3 is 11.9 Å². The van der Waals surface area contributed by atoms with Gasteiger partial charge < -0.3 is 9.15 Å². The Balaban J connectivity index is 1.97. The van der Waals surface area contributed by atoms with E-state index in [0.29, 0.717) is 12.8 Å². The normalized spacial score (nSPS) is 23.0. The Morgan fingerprint density at radius 3 is 2.86 bits per heavy atom.